The maximum absolute atomic E-state index is 12.0. The van der Waals surface area contributed by atoms with Crippen molar-refractivity contribution in [3.8, 4) is 0 Å². The van der Waals surface area contributed by atoms with E-state index in [9.17, 15) is 4.79 Å². The molecule has 0 radical (unpaired) electrons. The molecular weight excluding hydrogens is 363 g/mol. The van der Waals surface area contributed by atoms with Crippen molar-refractivity contribution < 1.29 is 4.79 Å². The van der Waals surface area contributed by atoms with Gasteiger partial charge in [-0.25, -0.2) is 0 Å². The van der Waals surface area contributed by atoms with Crippen molar-refractivity contribution >= 4 is 28.5 Å². The lowest BCUT2D eigenvalue weighted by atomic mass is 10.0. The highest BCUT2D eigenvalue weighted by molar-refractivity contribution is 14.1. The third kappa shape index (κ3) is 5.05. The molecule has 4 heteroatoms. The third-order valence-corrected chi connectivity index (χ3v) is 4.63. The van der Waals surface area contributed by atoms with Crippen LogP contribution in [-0.4, -0.2) is 29.9 Å². The Morgan fingerprint density at radius 1 is 1.20 bits per heavy atom. The van der Waals surface area contributed by atoms with Crippen LogP contribution in [0.15, 0.2) is 24.3 Å². The molecule has 1 aromatic rings. The molecule has 2 N–H and O–H groups in total. The normalized spacial score (nSPS) is 16.4. The zero-order valence-electron chi connectivity index (χ0n) is 11.9. The van der Waals surface area contributed by atoms with E-state index in [2.05, 4.69) is 46.9 Å². The summed E-state index contributed by atoms with van der Waals surface area (Å²) in [6.45, 7) is 1.69. The maximum Gasteiger partial charge on any atom is 0.222 e. The SMILES string of the molecule is NC1CCN(C(=O)CCCCc2ccc(I)cc2)CC1. The predicted octanol–water partition coefficient (Wildman–Crippen LogP) is 2.95. The minimum atomic E-state index is 0.292. The molecule has 1 aliphatic rings. The second-order valence-corrected chi connectivity index (χ2v) is 6.80. The number of nitrogens with zero attached hydrogens (tertiary/aromatic N) is 1. The molecule has 3 nitrogen and oxygen atoms in total. The van der Waals surface area contributed by atoms with E-state index in [0.29, 0.717) is 18.4 Å². The Morgan fingerprint density at radius 3 is 2.50 bits per heavy atom. The number of nitrogens with two attached hydrogens (primary N) is 1. The van der Waals surface area contributed by atoms with Gasteiger partial charge in [-0.3, -0.25) is 4.79 Å². The van der Waals surface area contributed by atoms with Gasteiger partial charge < -0.3 is 10.6 Å². The van der Waals surface area contributed by atoms with Gasteiger partial charge in [0.1, 0.15) is 0 Å². The zero-order chi connectivity index (χ0) is 14.4. The smallest absolute Gasteiger partial charge is 0.222 e. The Balaban J connectivity index is 1.63. The first kappa shape index (κ1) is 15.8. The van der Waals surface area contributed by atoms with Crippen LogP contribution in [0.2, 0.25) is 0 Å². The highest BCUT2D eigenvalue weighted by Gasteiger charge is 2.19. The fourth-order valence-electron chi connectivity index (χ4n) is 2.56. The number of likely N-dealkylation sites (tertiary alicyclic amines) is 1. The Bertz CT molecular complexity index is 425. The number of rotatable bonds is 5. The molecule has 0 saturated carbocycles. The van der Waals surface area contributed by atoms with Crippen molar-refractivity contribution in [2.75, 3.05) is 13.1 Å². The van der Waals surface area contributed by atoms with Crippen molar-refractivity contribution in [2.45, 2.75) is 44.6 Å². The van der Waals surface area contributed by atoms with Gasteiger partial charge in [-0.05, 0) is 72.4 Å². The number of hydrogen-bond acceptors (Lipinski definition) is 2. The predicted molar refractivity (Wildman–Crippen MR) is 90.5 cm³/mol. The molecule has 1 heterocycles. The molecule has 20 heavy (non-hydrogen) atoms. The van der Waals surface area contributed by atoms with Crippen LogP contribution < -0.4 is 5.73 Å². The number of amides is 1. The number of benzene rings is 1. The second-order valence-electron chi connectivity index (χ2n) is 5.55. The summed E-state index contributed by atoms with van der Waals surface area (Å²) in [4.78, 5) is 14.0. The van der Waals surface area contributed by atoms with Crippen LogP contribution >= 0.6 is 22.6 Å². The van der Waals surface area contributed by atoms with Gasteiger partial charge in [0, 0.05) is 29.1 Å². The van der Waals surface area contributed by atoms with Crippen LogP contribution in [0.5, 0.6) is 0 Å². The molecule has 0 aromatic heterocycles. The summed E-state index contributed by atoms with van der Waals surface area (Å²) in [6.07, 6.45) is 5.71. The van der Waals surface area contributed by atoms with Crippen LogP contribution in [0, 0.1) is 3.57 Å². The molecule has 1 aromatic carbocycles. The average Bonchev–Trinajstić information content (AvgIpc) is 2.46. The highest BCUT2D eigenvalue weighted by atomic mass is 127. The Hall–Kier alpha value is -0.620. The van der Waals surface area contributed by atoms with Crippen molar-refractivity contribution in [1.82, 2.24) is 4.90 Å². The van der Waals surface area contributed by atoms with E-state index in [0.717, 1.165) is 45.2 Å². The van der Waals surface area contributed by atoms with Gasteiger partial charge >= 0.3 is 0 Å². The van der Waals surface area contributed by atoms with Gasteiger partial charge in [0.25, 0.3) is 0 Å². The monoisotopic (exact) mass is 386 g/mol. The number of halogens is 1. The lowest BCUT2D eigenvalue weighted by molar-refractivity contribution is -0.132. The van der Waals surface area contributed by atoms with Crippen molar-refractivity contribution in [3.63, 3.8) is 0 Å². The van der Waals surface area contributed by atoms with E-state index in [1.54, 1.807) is 0 Å². The van der Waals surface area contributed by atoms with Gasteiger partial charge in [-0.1, -0.05) is 12.1 Å². The van der Waals surface area contributed by atoms with Crippen LogP contribution in [0.1, 0.15) is 37.7 Å². The molecule has 1 aliphatic heterocycles. The summed E-state index contributed by atoms with van der Waals surface area (Å²) in [5.74, 6) is 0.305. The van der Waals surface area contributed by atoms with E-state index in [1.165, 1.54) is 9.13 Å². The number of hydrogen-bond donors (Lipinski definition) is 1. The minimum Gasteiger partial charge on any atom is -0.343 e. The average molecular weight is 386 g/mol. The summed E-state index contributed by atoms with van der Waals surface area (Å²) in [7, 11) is 0. The van der Waals surface area contributed by atoms with E-state index in [1.807, 2.05) is 4.90 Å². The van der Waals surface area contributed by atoms with Crippen molar-refractivity contribution in [2.24, 2.45) is 5.73 Å². The molecule has 0 bridgehead atoms. The molecule has 0 unspecified atom stereocenters. The minimum absolute atomic E-state index is 0.292. The molecule has 0 atom stereocenters. The molecule has 2 rings (SSSR count). The van der Waals surface area contributed by atoms with Crippen LogP contribution in [-0.2, 0) is 11.2 Å². The third-order valence-electron chi connectivity index (χ3n) is 3.91. The fourth-order valence-corrected chi connectivity index (χ4v) is 2.92. The highest BCUT2D eigenvalue weighted by Crippen LogP contribution is 2.13. The molecule has 1 fully saturated rings. The molecule has 1 amide bonds. The molecule has 110 valence electrons. The van der Waals surface area contributed by atoms with E-state index >= 15 is 0 Å². The van der Waals surface area contributed by atoms with Crippen LogP contribution in [0.25, 0.3) is 0 Å². The van der Waals surface area contributed by atoms with E-state index in [4.69, 9.17) is 5.73 Å². The number of carbonyl (C=O) groups excluding carboxylic acids is 1. The number of aryl methyl sites for hydroxylation is 1. The molecule has 1 saturated heterocycles. The maximum atomic E-state index is 12.0. The van der Waals surface area contributed by atoms with Gasteiger partial charge in [0.2, 0.25) is 5.91 Å². The Labute approximate surface area is 135 Å². The number of carbonyl (C=O) groups is 1. The fraction of sp³-hybridized carbons (Fsp3) is 0.562. The van der Waals surface area contributed by atoms with E-state index < -0.39 is 0 Å². The first-order valence-electron chi connectivity index (χ1n) is 7.43. The number of unbranched alkanes of at least 4 members (excludes halogenated alkanes) is 1. The molecule has 0 spiro atoms. The van der Waals surface area contributed by atoms with Gasteiger partial charge in [-0.15, -0.1) is 0 Å². The number of piperidine rings is 1. The van der Waals surface area contributed by atoms with E-state index in [-0.39, 0.29) is 0 Å². The largest absolute Gasteiger partial charge is 0.343 e. The standard InChI is InChI=1S/C16H23IN2O/c17-14-7-5-13(6-8-14)3-1-2-4-16(20)19-11-9-15(18)10-12-19/h5-8,15H,1-4,9-12,18H2. The zero-order valence-corrected chi connectivity index (χ0v) is 14.0. The first-order valence-corrected chi connectivity index (χ1v) is 8.51. The Morgan fingerprint density at radius 2 is 1.85 bits per heavy atom. The van der Waals surface area contributed by atoms with Gasteiger partial charge in [0.15, 0.2) is 0 Å². The summed E-state index contributed by atoms with van der Waals surface area (Å²) >= 11 is 2.32. The van der Waals surface area contributed by atoms with Crippen LogP contribution in [0.4, 0.5) is 0 Å². The summed E-state index contributed by atoms with van der Waals surface area (Å²) in [5.41, 5.74) is 7.22. The first-order chi connectivity index (χ1) is 9.65. The lowest BCUT2D eigenvalue weighted by Gasteiger charge is -2.30. The van der Waals surface area contributed by atoms with Crippen molar-refractivity contribution in [1.29, 1.82) is 0 Å². The Kier molecular flexibility index (Phi) is 6.29. The van der Waals surface area contributed by atoms with Gasteiger partial charge in [-0.2, -0.15) is 0 Å². The van der Waals surface area contributed by atoms with Crippen molar-refractivity contribution in [3.05, 3.63) is 33.4 Å². The topological polar surface area (TPSA) is 46.3 Å². The van der Waals surface area contributed by atoms with Gasteiger partial charge in [0.05, 0.1) is 0 Å². The molecule has 0 aliphatic carbocycles. The molecular formula is C16H23IN2O. The second kappa shape index (κ2) is 7.98. The lowest BCUT2D eigenvalue weighted by Crippen LogP contribution is -2.42. The summed E-state index contributed by atoms with van der Waals surface area (Å²) in [5, 5.41) is 0. The summed E-state index contributed by atoms with van der Waals surface area (Å²) < 4.78 is 1.27. The summed E-state index contributed by atoms with van der Waals surface area (Å²) in [6, 6.07) is 8.92. The quantitative estimate of drug-likeness (QED) is 0.625. The van der Waals surface area contributed by atoms with Crippen LogP contribution in [0.3, 0.4) is 0 Å².